The lowest BCUT2D eigenvalue weighted by Gasteiger charge is -2.08. The Morgan fingerprint density at radius 2 is 2.00 bits per heavy atom. The summed E-state index contributed by atoms with van der Waals surface area (Å²) in [5.41, 5.74) is 6.34. The fourth-order valence-electron chi connectivity index (χ4n) is 1.34. The van der Waals surface area contributed by atoms with Crippen LogP contribution < -0.4 is 10.5 Å². The summed E-state index contributed by atoms with van der Waals surface area (Å²) < 4.78 is 6.47. The van der Waals surface area contributed by atoms with Crippen molar-refractivity contribution in [3.05, 3.63) is 50.5 Å². The Bertz CT molecular complexity index is 578. The van der Waals surface area contributed by atoms with E-state index in [4.69, 9.17) is 33.7 Å². The molecule has 0 amide bonds. The summed E-state index contributed by atoms with van der Waals surface area (Å²) in [6.07, 6.45) is 1.50. The number of ether oxygens (including phenoxy) is 1. The first-order chi connectivity index (χ1) is 8.60. The molecule has 0 bridgehead atoms. The Morgan fingerprint density at radius 3 is 2.72 bits per heavy atom. The molecule has 0 radical (unpaired) electrons. The number of aromatic nitrogens is 1. The number of benzene rings is 1. The van der Waals surface area contributed by atoms with E-state index in [1.54, 1.807) is 18.2 Å². The monoisotopic (exact) mass is 346 g/mol. The van der Waals surface area contributed by atoms with E-state index in [9.17, 15) is 0 Å². The predicted molar refractivity (Wildman–Crippen MR) is 76.4 cm³/mol. The highest BCUT2D eigenvalue weighted by molar-refractivity contribution is 9.10. The molecule has 18 heavy (non-hydrogen) atoms. The summed E-state index contributed by atoms with van der Waals surface area (Å²) in [6, 6.07) is 7.02. The van der Waals surface area contributed by atoms with Crippen molar-refractivity contribution in [2.75, 3.05) is 0 Å². The minimum Gasteiger partial charge on any atom is -0.437 e. The van der Waals surface area contributed by atoms with Crippen molar-refractivity contribution in [2.24, 2.45) is 5.73 Å². The Kier molecular flexibility index (Phi) is 4.45. The molecule has 1 heterocycles. The summed E-state index contributed by atoms with van der Waals surface area (Å²) in [4.78, 5) is 4.07. The summed E-state index contributed by atoms with van der Waals surface area (Å²) in [5.74, 6) is 0.920. The van der Waals surface area contributed by atoms with Gasteiger partial charge < -0.3 is 10.5 Å². The topological polar surface area (TPSA) is 48.1 Å². The quantitative estimate of drug-likeness (QED) is 0.894. The highest BCUT2D eigenvalue weighted by Crippen LogP contribution is 2.32. The lowest BCUT2D eigenvalue weighted by Crippen LogP contribution is -1.99. The summed E-state index contributed by atoms with van der Waals surface area (Å²) in [6.45, 7) is 0.323. The van der Waals surface area contributed by atoms with Gasteiger partial charge in [0.15, 0.2) is 0 Å². The van der Waals surface area contributed by atoms with Gasteiger partial charge in [0.05, 0.1) is 10.0 Å². The van der Waals surface area contributed by atoms with Gasteiger partial charge >= 0.3 is 0 Å². The number of hydrogen-bond donors (Lipinski definition) is 1. The van der Waals surface area contributed by atoms with Crippen molar-refractivity contribution in [2.45, 2.75) is 6.54 Å². The molecule has 2 aromatic rings. The van der Waals surface area contributed by atoms with E-state index in [0.717, 1.165) is 10.0 Å². The second kappa shape index (κ2) is 5.89. The molecule has 0 aliphatic heterocycles. The first-order valence-electron chi connectivity index (χ1n) is 5.07. The molecule has 0 saturated carbocycles. The molecule has 3 nitrogen and oxygen atoms in total. The third kappa shape index (κ3) is 3.14. The number of nitrogens with two attached hydrogens (primary N) is 1. The van der Waals surface area contributed by atoms with Crippen molar-refractivity contribution in [3.63, 3.8) is 0 Å². The maximum atomic E-state index is 6.03. The van der Waals surface area contributed by atoms with Crippen LogP contribution in [-0.4, -0.2) is 4.98 Å². The van der Waals surface area contributed by atoms with Crippen LogP contribution in [-0.2, 0) is 6.54 Å². The van der Waals surface area contributed by atoms with Gasteiger partial charge in [-0.15, -0.1) is 0 Å². The lowest BCUT2D eigenvalue weighted by molar-refractivity contribution is 0.462. The summed E-state index contributed by atoms with van der Waals surface area (Å²) in [7, 11) is 0. The first kappa shape index (κ1) is 13.6. The summed E-state index contributed by atoms with van der Waals surface area (Å²) >= 11 is 15.3. The van der Waals surface area contributed by atoms with Crippen LogP contribution in [0.25, 0.3) is 0 Å². The Balaban J connectivity index is 2.31. The zero-order valence-electron chi connectivity index (χ0n) is 9.16. The van der Waals surface area contributed by atoms with Crippen LogP contribution in [0.5, 0.6) is 11.6 Å². The molecule has 0 unspecified atom stereocenters. The fraction of sp³-hybridized carbons (Fsp3) is 0.0833. The Labute approximate surface area is 123 Å². The number of pyridine rings is 1. The van der Waals surface area contributed by atoms with Crippen LogP contribution >= 0.6 is 39.1 Å². The Morgan fingerprint density at radius 1 is 1.22 bits per heavy atom. The largest absolute Gasteiger partial charge is 0.437 e. The van der Waals surface area contributed by atoms with Crippen LogP contribution in [0.3, 0.4) is 0 Å². The average Bonchev–Trinajstić information content (AvgIpc) is 2.36. The van der Waals surface area contributed by atoms with E-state index in [0.29, 0.717) is 28.2 Å². The molecular weight excluding hydrogens is 339 g/mol. The van der Waals surface area contributed by atoms with E-state index in [1.165, 1.54) is 6.20 Å². The average molecular weight is 348 g/mol. The van der Waals surface area contributed by atoms with Gasteiger partial charge in [-0.05, 0) is 23.8 Å². The van der Waals surface area contributed by atoms with E-state index in [1.807, 2.05) is 6.07 Å². The van der Waals surface area contributed by atoms with Gasteiger partial charge in [-0.2, -0.15) is 0 Å². The normalized spacial score (nSPS) is 10.4. The second-order valence-electron chi connectivity index (χ2n) is 3.49. The third-order valence-electron chi connectivity index (χ3n) is 2.24. The van der Waals surface area contributed by atoms with Crippen LogP contribution in [0.4, 0.5) is 0 Å². The number of rotatable bonds is 3. The van der Waals surface area contributed by atoms with E-state index < -0.39 is 0 Å². The smallest absolute Gasteiger partial charge is 0.219 e. The molecule has 2 N–H and O–H groups in total. The standard InChI is InChI=1S/C12H9BrCl2N2O/c13-8-1-2-9(14)11(4-8)18-12-3-7(5-16)10(15)6-17-12/h1-4,6H,5,16H2. The molecule has 0 saturated heterocycles. The molecule has 1 aromatic carbocycles. The minimum absolute atomic E-state index is 0.323. The SMILES string of the molecule is NCc1cc(Oc2cc(Br)ccc2Cl)ncc1Cl. The molecular formula is C12H9BrCl2N2O. The second-order valence-corrected chi connectivity index (χ2v) is 5.22. The zero-order chi connectivity index (χ0) is 13.1. The third-order valence-corrected chi connectivity index (χ3v) is 3.38. The molecule has 0 atom stereocenters. The molecule has 2 rings (SSSR count). The summed E-state index contributed by atoms with van der Waals surface area (Å²) in [5, 5.41) is 1.02. The van der Waals surface area contributed by atoms with Crippen LogP contribution in [0.1, 0.15) is 5.56 Å². The van der Waals surface area contributed by atoms with Crippen molar-refractivity contribution < 1.29 is 4.74 Å². The minimum atomic E-state index is 0.323. The van der Waals surface area contributed by atoms with Gasteiger partial charge in [-0.1, -0.05) is 39.1 Å². The van der Waals surface area contributed by atoms with Gasteiger partial charge in [0.2, 0.25) is 5.88 Å². The molecule has 0 aliphatic rings. The predicted octanol–water partition coefficient (Wildman–Crippen LogP) is 4.40. The fourth-order valence-corrected chi connectivity index (χ4v) is 2.02. The lowest BCUT2D eigenvalue weighted by atomic mass is 10.2. The van der Waals surface area contributed by atoms with Crippen molar-refractivity contribution in [1.29, 1.82) is 0 Å². The van der Waals surface area contributed by atoms with Gasteiger partial charge in [0, 0.05) is 23.3 Å². The van der Waals surface area contributed by atoms with Crippen LogP contribution in [0.15, 0.2) is 34.9 Å². The molecule has 94 valence electrons. The van der Waals surface area contributed by atoms with Gasteiger partial charge in [0.25, 0.3) is 0 Å². The Hall–Kier alpha value is -0.810. The first-order valence-corrected chi connectivity index (χ1v) is 6.62. The number of halogens is 3. The molecule has 0 spiro atoms. The molecule has 6 heteroatoms. The molecule has 1 aromatic heterocycles. The van der Waals surface area contributed by atoms with Crippen molar-refractivity contribution >= 4 is 39.1 Å². The maximum Gasteiger partial charge on any atom is 0.219 e. The van der Waals surface area contributed by atoms with Gasteiger partial charge in [-0.25, -0.2) is 4.98 Å². The van der Waals surface area contributed by atoms with E-state index in [2.05, 4.69) is 20.9 Å². The molecule has 0 fully saturated rings. The highest BCUT2D eigenvalue weighted by atomic mass is 79.9. The molecule has 0 aliphatic carbocycles. The van der Waals surface area contributed by atoms with E-state index >= 15 is 0 Å². The van der Waals surface area contributed by atoms with Gasteiger partial charge in [0.1, 0.15) is 5.75 Å². The zero-order valence-corrected chi connectivity index (χ0v) is 12.3. The number of nitrogens with zero attached hydrogens (tertiary/aromatic N) is 1. The maximum absolute atomic E-state index is 6.03. The van der Waals surface area contributed by atoms with Crippen LogP contribution in [0, 0.1) is 0 Å². The number of hydrogen-bond acceptors (Lipinski definition) is 3. The van der Waals surface area contributed by atoms with Crippen molar-refractivity contribution in [1.82, 2.24) is 4.98 Å². The van der Waals surface area contributed by atoms with Gasteiger partial charge in [-0.3, -0.25) is 0 Å². The van der Waals surface area contributed by atoms with Crippen molar-refractivity contribution in [3.8, 4) is 11.6 Å². The van der Waals surface area contributed by atoms with E-state index in [-0.39, 0.29) is 0 Å². The van der Waals surface area contributed by atoms with Crippen LogP contribution in [0.2, 0.25) is 10.0 Å². The highest BCUT2D eigenvalue weighted by Gasteiger charge is 2.07.